The average Bonchev–Trinajstić information content (AvgIpc) is 2.08. The first-order valence-corrected chi connectivity index (χ1v) is 5.03. The van der Waals surface area contributed by atoms with Crippen LogP contribution in [0.5, 0.6) is 0 Å². The van der Waals surface area contributed by atoms with Gasteiger partial charge in [-0.2, -0.15) is 0 Å². The van der Waals surface area contributed by atoms with Crippen molar-refractivity contribution in [2.75, 3.05) is 0 Å². The number of rotatable bonds is 3. The highest BCUT2D eigenvalue weighted by molar-refractivity contribution is 6.32. The Hall–Kier alpha value is -0.715. The Bertz CT molecular complexity index is 276. The molecule has 0 nitrogen and oxygen atoms in total. The molecule has 0 spiro atoms. The van der Waals surface area contributed by atoms with Crippen molar-refractivity contribution in [3.8, 4) is 0 Å². The van der Waals surface area contributed by atoms with Crippen molar-refractivity contribution >= 4 is 13.3 Å². The maximum absolute atomic E-state index is 5.76. The maximum atomic E-state index is 5.76. The number of hydrogen-bond acceptors (Lipinski definition) is 0. The Morgan fingerprint density at radius 1 is 1.31 bits per heavy atom. The summed E-state index contributed by atoms with van der Waals surface area (Å²) in [6.07, 6.45) is 2.36. The standard InChI is InChI=1S/C12H17B/c1-4-5-10-6-7-11(13)8-12(10)9(2)3/h6-9H,4-5H2,1-3H3. The fourth-order valence-electron chi connectivity index (χ4n) is 1.65. The second-order valence-corrected chi connectivity index (χ2v) is 3.86. The zero-order valence-electron chi connectivity index (χ0n) is 8.80. The van der Waals surface area contributed by atoms with Crippen LogP contribution in [0.1, 0.15) is 44.2 Å². The van der Waals surface area contributed by atoms with Gasteiger partial charge in [0.25, 0.3) is 0 Å². The summed E-state index contributed by atoms with van der Waals surface area (Å²) in [5, 5.41) is 0. The molecule has 0 saturated carbocycles. The largest absolute Gasteiger partial charge is 0.113 e. The Balaban J connectivity index is 3.03. The maximum Gasteiger partial charge on any atom is 0.113 e. The van der Waals surface area contributed by atoms with Crippen LogP contribution in [0.25, 0.3) is 0 Å². The van der Waals surface area contributed by atoms with Gasteiger partial charge in [-0.25, -0.2) is 0 Å². The van der Waals surface area contributed by atoms with E-state index >= 15 is 0 Å². The van der Waals surface area contributed by atoms with E-state index in [-0.39, 0.29) is 0 Å². The molecule has 0 heterocycles. The molecular weight excluding hydrogens is 155 g/mol. The highest BCUT2D eigenvalue weighted by atomic mass is 14.1. The summed E-state index contributed by atoms with van der Waals surface area (Å²) in [6.45, 7) is 6.64. The first-order chi connectivity index (χ1) is 6.15. The van der Waals surface area contributed by atoms with E-state index in [0.29, 0.717) is 5.92 Å². The second-order valence-electron chi connectivity index (χ2n) is 3.86. The molecule has 0 aliphatic heterocycles. The molecule has 1 aromatic carbocycles. The fraction of sp³-hybridized carbons (Fsp3) is 0.500. The molecule has 1 heteroatoms. The molecule has 0 aliphatic rings. The molecule has 0 fully saturated rings. The molecule has 0 N–H and O–H groups in total. The lowest BCUT2D eigenvalue weighted by Gasteiger charge is -2.13. The molecule has 0 bridgehead atoms. The smallest absolute Gasteiger partial charge is 0.0964 e. The highest BCUT2D eigenvalue weighted by Crippen LogP contribution is 2.19. The average molecular weight is 172 g/mol. The van der Waals surface area contributed by atoms with Gasteiger partial charge in [-0.3, -0.25) is 0 Å². The monoisotopic (exact) mass is 172 g/mol. The summed E-state index contributed by atoms with van der Waals surface area (Å²) in [7, 11) is 5.76. The van der Waals surface area contributed by atoms with Gasteiger partial charge in [-0.05, 0) is 23.5 Å². The van der Waals surface area contributed by atoms with Crippen molar-refractivity contribution in [1.29, 1.82) is 0 Å². The summed E-state index contributed by atoms with van der Waals surface area (Å²) in [6, 6.07) is 6.26. The van der Waals surface area contributed by atoms with Crippen LogP contribution >= 0.6 is 0 Å². The lowest BCUT2D eigenvalue weighted by atomic mass is 9.87. The number of hydrogen-bond donors (Lipinski definition) is 0. The third-order valence-corrected chi connectivity index (χ3v) is 2.31. The summed E-state index contributed by atoms with van der Waals surface area (Å²) in [5.74, 6) is 0.574. The van der Waals surface area contributed by atoms with Gasteiger partial charge in [0.2, 0.25) is 0 Å². The van der Waals surface area contributed by atoms with Crippen LogP contribution in [0.3, 0.4) is 0 Å². The lowest BCUT2D eigenvalue weighted by Crippen LogP contribution is -2.07. The molecule has 2 radical (unpaired) electrons. The minimum Gasteiger partial charge on any atom is -0.0964 e. The van der Waals surface area contributed by atoms with Gasteiger partial charge in [0.15, 0.2) is 0 Å². The first-order valence-electron chi connectivity index (χ1n) is 5.03. The van der Waals surface area contributed by atoms with Crippen LogP contribution in [0.15, 0.2) is 18.2 Å². The predicted molar refractivity (Wildman–Crippen MR) is 59.9 cm³/mol. The quantitative estimate of drug-likeness (QED) is 0.614. The topological polar surface area (TPSA) is 0 Å². The number of benzene rings is 1. The van der Waals surface area contributed by atoms with Gasteiger partial charge < -0.3 is 0 Å². The Morgan fingerprint density at radius 3 is 2.54 bits per heavy atom. The van der Waals surface area contributed by atoms with Gasteiger partial charge in [0.1, 0.15) is 7.85 Å². The summed E-state index contributed by atoms with van der Waals surface area (Å²) in [5.41, 5.74) is 3.73. The van der Waals surface area contributed by atoms with E-state index in [0.717, 1.165) is 11.9 Å². The zero-order valence-corrected chi connectivity index (χ0v) is 8.80. The van der Waals surface area contributed by atoms with Crippen molar-refractivity contribution in [2.24, 2.45) is 0 Å². The normalized spacial score (nSPS) is 10.8. The van der Waals surface area contributed by atoms with E-state index in [9.17, 15) is 0 Å². The second kappa shape index (κ2) is 4.50. The van der Waals surface area contributed by atoms with Gasteiger partial charge in [0.05, 0.1) is 0 Å². The van der Waals surface area contributed by atoms with E-state index in [2.05, 4.69) is 32.9 Å². The minimum atomic E-state index is 0.574. The molecule has 0 saturated heterocycles. The minimum absolute atomic E-state index is 0.574. The molecule has 1 rings (SSSR count). The predicted octanol–water partition coefficient (Wildman–Crippen LogP) is 2.56. The van der Waals surface area contributed by atoms with E-state index < -0.39 is 0 Å². The van der Waals surface area contributed by atoms with Crippen LogP contribution < -0.4 is 5.46 Å². The van der Waals surface area contributed by atoms with Gasteiger partial charge in [0, 0.05) is 0 Å². The molecule has 68 valence electrons. The van der Waals surface area contributed by atoms with E-state index in [1.165, 1.54) is 17.5 Å². The third-order valence-electron chi connectivity index (χ3n) is 2.31. The SMILES string of the molecule is [B]c1ccc(CCC)c(C(C)C)c1. The molecule has 0 aromatic heterocycles. The Kier molecular flexibility index (Phi) is 3.59. The van der Waals surface area contributed by atoms with E-state index in [4.69, 9.17) is 7.85 Å². The van der Waals surface area contributed by atoms with Crippen molar-refractivity contribution in [3.63, 3.8) is 0 Å². The van der Waals surface area contributed by atoms with Gasteiger partial charge in [-0.15, -0.1) is 0 Å². The van der Waals surface area contributed by atoms with Crippen LogP contribution in [0, 0.1) is 0 Å². The third kappa shape index (κ3) is 2.62. The Labute approximate surface area is 82.8 Å². The van der Waals surface area contributed by atoms with Crippen LogP contribution in [0.4, 0.5) is 0 Å². The van der Waals surface area contributed by atoms with Gasteiger partial charge in [-0.1, -0.05) is 50.9 Å². The van der Waals surface area contributed by atoms with Crippen molar-refractivity contribution in [3.05, 3.63) is 29.3 Å². The van der Waals surface area contributed by atoms with E-state index in [1.54, 1.807) is 0 Å². The number of aryl methyl sites for hydroxylation is 1. The fourth-order valence-corrected chi connectivity index (χ4v) is 1.65. The molecular formula is C12H17B. The lowest BCUT2D eigenvalue weighted by molar-refractivity contribution is 0.822. The van der Waals surface area contributed by atoms with Crippen molar-refractivity contribution in [1.82, 2.24) is 0 Å². The van der Waals surface area contributed by atoms with E-state index in [1.807, 2.05) is 6.07 Å². The summed E-state index contributed by atoms with van der Waals surface area (Å²) in [4.78, 5) is 0. The molecule has 0 amide bonds. The zero-order chi connectivity index (χ0) is 9.84. The van der Waals surface area contributed by atoms with Crippen LogP contribution in [0.2, 0.25) is 0 Å². The molecule has 1 aromatic rings. The summed E-state index contributed by atoms with van der Waals surface area (Å²) >= 11 is 0. The molecule has 0 unspecified atom stereocenters. The Morgan fingerprint density at radius 2 is 2.00 bits per heavy atom. The molecule has 13 heavy (non-hydrogen) atoms. The van der Waals surface area contributed by atoms with Gasteiger partial charge >= 0.3 is 0 Å². The van der Waals surface area contributed by atoms with Crippen molar-refractivity contribution in [2.45, 2.75) is 39.5 Å². The molecule has 0 atom stereocenters. The summed E-state index contributed by atoms with van der Waals surface area (Å²) < 4.78 is 0. The van der Waals surface area contributed by atoms with Crippen LogP contribution in [-0.2, 0) is 6.42 Å². The highest BCUT2D eigenvalue weighted by Gasteiger charge is 2.05. The first kappa shape index (κ1) is 10.4. The molecule has 0 aliphatic carbocycles. The van der Waals surface area contributed by atoms with Crippen molar-refractivity contribution < 1.29 is 0 Å². The van der Waals surface area contributed by atoms with Crippen LogP contribution in [-0.4, -0.2) is 7.85 Å².